The topological polar surface area (TPSA) is 51.0 Å². The van der Waals surface area contributed by atoms with E-state index in [9.17, 15) is 4.79 Å². The molecule has 5 nitrogen and oxygen atoms in total. The van der Waals surface area contributed by atoms with Crippen LogP contribution in [-0.2, 0) is 4.79 Å². The molecule has 4 rings (SSSR count). The zero-order chi connectivity index (χ0) is 13.5. The second-order valence-corrected chi connectivity index (χ2v) is 6.61. The quantitative estimate of drug-likeness (QED) is 0.848. The molecule has 0 N–H and O–H groups in total. The zero-order valence-electron chi connectivity index (χ0n) is 11.9. The monoisotopic (exact) mass is 274 g/mol. The van der Waals surface area contributed by atoms with Crippen LogP contribution in [0.25, 0.3) is 0 Å². The maximum Gasteiger partial charge on any atom is 0.225 e. The number of hydrogen-bond donors (Lipinski definition) is 0. The van der Waals surface area contributed by atoms with Gasteiger partial charge in [-0.05, 0) is 32.1 Å². The number of rotatable bonds is 3. The fraction of sp³-hybridized carbons (Fsp3) is 0.800. The smallest absolute Gasteiger partial charge is 0.225 e. The van der Waals surface area contributed by atoms with Gasteiger partial charge in [0.25, 0.3) is 0 Å². The highest BCUT2D eigenvalue weighted by Crippen LogP contribution is 2.39. The normalized spacial score (nSPS) is 27.4. The van der Waals surface area contributed by atoms with Crippen LogP contribution >= 0.6 is 0 Å². The molecule has 1 aromatic rings. The maximum atomic E-state index is 12.4. The van der Waals surface area contributed by atoms with Gasteiger partial charge in [-0.2, -0.15) is 0 Å². The van der Waals surface area contributed by atoms with Gasteiger partial charge in [-0.3, -0.25) is 4.79 Å². The van der Waals surface area contributed by atoms with E-state index in [2.05, 4.69) is 21.4 Å². The lowest BCUT2D eigenvalue weighted by Gasteiger charge is -2.20. The van der Waals surface area contributed by atoms with Gasteiger partial charge in [-0.15, -0.1) is 5.10 Å². The van der Waals surface area contributed by atoms with Gasteiger partial charge < -0.3 is 4.90 Å². The van der Waals surface area contributed by atoms with Crippen LogP contribution in [0.2, 0.25) is 0 Å². The number of hydrogen-bond acceptors (Lipinski definition) is 3. The lowest BCUT2D eigenvalue weighted by atomic mass is 10.1. The van der Waals surface area contributed by atoms with E-state index >= 15 is 0 Å². The lowest BCUT2D eigenvalue weighted by molar-refractivity contribution is -0.134. The first-order chi connectivity index (χ1) is 9.81. The summed E-state index contributed by atoms with van der Waals surface area (Å²) in [6.07, 6.45) is 10.3. The molecular formula is C15H22N4O. The Balaban J connectivity index is 1.40. The third-order valence-corrected chi connectivity index (χ3v) is 5.08. The second-order valence-electron chi connectivity index (χ2n) is 6.61. The molecule has 1 aliphatic heterocycles. The molecule has 0 radical (unpaired) electrons. The Morgan fingerprint density at radius 1 is 1.15 bits per heavy atom. The summed E-state index contributed by atoms with van der Waals surface area (Å²) in [7, 11) is 0. The Kier molecular flexibility index (Phi) is 3.00. The highest BCUT2D eigenvalue weighted by Gasteiger charge is 2.34. The Hall–Kier alpha value is -1.39. The summed E-state index contributed by atoms with van der Waals surface area (Å²) in [5.74, 6) is 1.33. The molecule has 2 aliphatic carbocycles. The molecule has 0 aromatic carbocycles. The molecule has 3 aliphatic rings. The predicted molar refractivity (Wildman–Crippen MR) is 74.2 cm³/mol. The van der Waals surface area contributed by atoms with Crippen LogP contribution in [-0.4, -0.2) is 38.9 Å². The van der Waals surface area contributed by atoms with Crippen LogP contribution in [0.5, 0.6) is 0 Å². The van der Waals surface area contributed by atoms with Crippen LogP contribution in [0.1, 0.15) is 62.6 Å². The second kappa shape index (κ2) is 4.86. The van der Waals surface area contributed by atoms with E-state index in [-0.39, 0.29) is 0 Å². The van der Waals surface area contributed by atoms with Gasteiger partial charge in [0, 0.05) is 31.1 Å². The number of nitrogens with zero attached hydrogens (tertiary/aromatic N) is 4. The van der Waals surface area contributed by atoms with Gasteiger partial charge in [-0.1, -0.05) is 18.1 Å². The van der Waals surface area contributed by atoms with Crippen molar-refractivity contribution in [1.82, 2.24) is 19.9 Å². The highest BCUT2D eigenvalue weighted by molar-refractivity contribution is 5.79. The third-order valence-electron chi connectivity index (χ3n) is 5.08. The molecule has 3 fully saturated rings. The molecule has 2 heterocycles. The molecule has 1 saturated heterocycles. The van der Waals surface area contributed by atoms with Crippen LogP contribution in [0.4, 0.5) is 0 Å². The molecule has 20 heavy (non-hydrogen) atoms. The first-order valence-corrected chi connectivity index (χ1v) is 8.02. The molecule has 5 heteroatoms. The number of amides is 1. The standard InChI is InChI=1S/C15H22N4O/c20-15(12-3-1-2-4-12)18-8-7-13(9-18)19-10-14(16-17-19)11-5-6-11/h10-13H,1-9H2. The van der Waals surface area contributed by atoms with Crippen LogP contribution in [0, 0.1) is 5.92 Å². The number of aromatic nitrogens is 3. The van der Waals surface area contributed by atoms with Crippen molar-refractivity contribution in [2.24, 2.45) is 5.92 Å². The highest BCUT2D eigenvalue weighted by atomic mass is 16.2. The van der Waals surface area contributed by atoms with Gasteiger partial charge in [0.05, 0.1) is 11.7 Å². The van der Waals surface area contributed by atoms with Crippen molar-refractivity contribution < 1.29 is 4.79 Å². The Morgan fingerprint density at radius 3 is 2.70 bits per heavy atom. The summed E-state index contributed by atoms with van der Waals surface area (Å²) in [6.45, 7) is 1.71. The fourth-order valence-electron chi connectivity index (χ4n) is 3.62. The first-order valence-electron chi connectivity index (χ1n) is 8.02. The molecule has 2 saturated carbocycles. The van der Waals surface area contributed by atoms with Crippen molar-refractivity contribution in [3.8, 4) is 0 Å². The van der Waals surface area contributed by atoms with E-state index in [1.54, 1.807) is 0 Å². The summed E-state index contributed by atoms with van der Waals surface area (Å²) < 4.78 is 2.00. The zero-order valence-corrected chi connectivity index (χ0v) is 11.9. The van der Waals surface area contributed by atoms with E-state index in [0.29, 0.717) is 23.8 Å². The first kappa shape index (κ1) is 12.4. The predicted octanol–water partition coefficient (Wildman–Crippen LogP) is 2.12. The van der Waals surface area contributed by atoms with E-state index in [0.717, 1.165) is 38.0 Å². The van der Waals surface area contributed by atoms with E-state index in [1.807, 2.05) is 4.68 Å². The van der Waals surface area contributed by atoms with Gasteiger partial charge in [0.15, 0.2) is 0 Å². The van der Waals surface area contributed by atoms with Crippen molar-refractivity contribution in [1.29, 1.82) is 0 Å². The summed E-state index contributed by atoms with van der Waals surface area (Å²) >= 11 is 0. The summed E-state index contributed by atoms with van der Waals surface area (Å²) in [5, 5.41) is 8.56. The minimum absolute atomic E-state index is 0.298. The van der Waals surface area contributed by atoms with Gasteiger partial charge >= 0.3 is 0 Å². The van der Waals surface area contributed by atoms with Crippen molar-refractivity contribution in [2.75, 3.05) is 13.1 Å². The van der Waals surface area contributed by atoms with Gasteiger partial charge in [-0.25, -0.2) is 4.68 Å². The van der Waals surface area contributed by atoms with Crippen molar-refractivity contribution in [2.45, 2.75) is 56.9 Å². The fourth-order valence-corrected chi connectivity index (χ4v) is 3.62. The van der Waals surface area contributed by atoms with Gasteiger partial charge in [0.2, 0.25) is 5.91 Å². The number of likely N-dealkylation sites (tertiary alicyclic amines) is 1. The molecule has 108 valence electrons. The lowest BCUT2D eigenvalue weighted by Crippen LogP contribution is -2.33. The van der Waals surface area contributed by atoms with Crippen LogP contribution in [0.15, 0.2) is 6.20 Å². The molecule has 1 aromatic heterocycles. The summed E-state index contributed by atoms with van der Waals surface area (Å²) in [5.41, 5.74) is 1.14. The SMILES string of the molecule is O=C(C1CCCC1)N1CCC(n2cc(C3CC3)nn2)C1. The molecule has 1 amide bonds. The van der Waals surface area contributed by atoms with Crippen LogP contribution < -0.4 is 0 Å². The molecule has 0 bridgehead atoms. The van der Waals surface area contributed by atoms with Gasteiger partial charge in [0.1, 0.15) is 0 Å². The van der Waals surface area contributed by atoms with Crippen molar-refractivity contribution in [3.05, 3.63) is 11.9 Å². The minimum Gasteiger partial charge on any atom is -0.340 e. The average Bonchev–Trinajstić information content (AvgIpc) is 2.98. The molecular weight excluding hydrogens is 252 g/mol. The van der Waals surface area contributed by atoms with E-state index in [4.69, 9.17) is 0 Å². The number of carbonyl (C=O) groups excluding carboxylic acids is 1. The van der Waals surface area contributed by atoms with Crippen molar-refractivity contribution in [3.63, 3.8) is 0 Å². The summed E-state index contributed by atoms with van der Waals surface area (Å²) in [6, 6.07) is 0.334. The Labute approximate surface area is 119 Å². The molecule has 1 atom stereocenters. The Morgan fingerprint density at radius 2 is 1.95 bits per heavy atom. The van der Waals surface area contributed by atoms with Crippen molar-refractivity contribution >= 4 is 5.91 Å². The maximum absolute atomic E-state index is 12.4. The largest absolute Gasteiger partial charge is 0.340 e. The minimum atomic E-state index is 0.298. The van der Waals surface area contributed by atoms with E-state index < -0.39 is 0 Å². The van der Waals surface area contributed by atoms with E-state index in [1.165, 1.54) is 25.7 Å². The average molecular weight is 274 g/mol. The number of carbonyl (C=O) groups is 1. The Bertz CT molecular complexity index is 502. The molecule has 1 unspecified atom stereocenters. The third kappa shape index (κ3) is 2.23. The van der Waals surface area contributed by atoms with Crippen LogP contribution in [0.3, 0.4) is 0 Å². The summed E-state index contributed by atoms with van der Waals surface area (Å²) in [4.78, 5) is 14.5. The molecule has 0 spiro atoms.